The Bertz CT molecular complexity index is 2910. The van der Waals surface area contributed by atoms with Gasteiger partial charge in [0.15, 0.2) is 0 Å². The Morgan fingerprint density at radius 2 is 0.815 bits per heavy atom. The maximum absolute atomic E-state index is 6.83. The lowest BCUT2D eigenvalue weighted by Crippen LogP contribution is -2.09. The third-order valence-electron chi connectivity index (χ3n) is 10.4. The van der Waals surface area contributed by atoms with Crippen LogP contribution in [-0.4, -0.2) is 0 Å². The Balaban J connectivity index is 1.06. The molecule has 2 heteroatoms. The van der Waals surface area contributed by atoms with Crippen LogP contribution in [0.2, 0.25) is 0 Å². The van der Waals surface area contributed by atoms with Crippen molar-refractivity contribution < 1.29 is 4.42 Å². The van der Waals surface area contributed by atoms with Crippen LogP contribution >= 0.6 is 0 Å². The highest BCUT2D eigenvalue weighted by Crippen LogP contribution is 2.43. The summed E-state index contributed by atoms with van der Waals surface area (Å²) in [5, 5.41) is 4.71. The van der Waals surface area contributed by atoms with Gasteiger partial charge in [-0.3, -0.25) is 0 Å². The molecule has 0 N–H and O–H groups in total. The number of nitrogens with zero attached hydrogens (tertiary/aromatic N) is 1. The highest BCUT2D eigenvalue weighted by atomic mass is 16.3. The second-order valence-electron chi connectivity index (χ2n) is 13.7. The van der Waals surface area contributed by atoms with Crippen LogP contribution in [0.4, 0.5) is 17.1 Å². The zero-order valence-corrected chi connectivity index (χ0v) is 29.6. The lowest BCUT2D eigenvalue weighted by Gasteiger charge is -2.26. The first-order valence-electron chi connectivity index (χ1n) is 18.4. The highest BCUT2D eigenvalue weighted by Gasteiger charge is 2.18. The van der Waals surface area contributed by atoms with Gasteiger partial charge in [0.1, 0.15) is 11.2 Å². The maximum Gasteiger partial charge on any atom is 0.143 e. The van der Waals surface area contributed by atoms with Gasteiger partial charge in [0, 0.05) is 33.4 Å². The molecule has 1 aromatic heterocycles. The van der Waals surface area contributed by atoms with E-state index in [1.807, 2.05) is 0 Å². The van der Waals surface area contributed by atoms with Gasteiger partial charge in [0.25, 0.3) is 0 Å². The molecule has 54 heavy (non-hydrogen) atoms. The molecule has 0 atom stereocenters. The number of hydrogen-bond donors (Lipinski definition) is 0. The van der Waals surface area contributed by atoms with Crippen molar-refractivity contribution in [1.82, 2.24) is 0 Å². The molecule has 0 saturated carbocycles. The molecule has 0 spiro atoms. The monoisotopic (exact) mass is 689 g/mol. The standard InChI is InChI=1S/C52H35NO/c1-4-15-36(16-5-1)37-29-31-43(32-30-37)53(42-22-8-3-9-23-42)44-24-13-20-40(34-44)39-19-12-21-41(33-39)45-27-14-28-48-51-47-26-11-10-25-46(47)49(35-50(51)54-52(45)48)38-17-6-2-7-18-38/h1-35H. The van der Waals surface area contributed by atoms with Gasteiger partial charge >= 0.3 is 0 Å². The third-order valence-corrected chi connectivity index (χ3v) is 10.4. The van der Waals surface area contributed by atoms with Gasteiger partial charge < -0.3 is 9.32 Å². The van der Waals surface area contributed by atoms with E-state index < -0.39 is 0 Å². The summed E-state index contributed by atoms with van der Waals surface area (Å²) >= 11 is 0. The Labute approximate surface area is 314 Å². The Hall–Kier alpha value is -7.16. The van der Waals surface area contributed by atoms with Crippen LogP contribution in [0.3, 0.4) is 0 Å². The SMILES string of the molecule is c1ccc(-c2ccc(N(c3ccccc3)c3cccc(-c4cccc(-c5cccc6c5oc5cc(-c7ccccc7)c7ccccc7c56)c4)c3)cc2)cc1. The van der Waals surface area contributed by atoms with Gasteiger partial charge in [0.05, 0.1) is 0 Å². The molecule has 9 aromatic carbocycles. The number of fused-ring (bicyclic) bond motifs is 5. The molecular weight excluding hydrogens is 655 g/mol. The van der Waals surface area contributed by atoms with Crippen molar-refractivity contribution in [3.8, 4) is 44.5 Å². The van der Waals surface area contributed by atoms with E-state index in [0.29, 0.717) is 0 Å². The average molecular weight is 690 g/mol. The molecule has 254 valence electrons. The molecule has 0 bridgehead atoms. The second kappa shape index (κ2) is 13.4. The molecule has 0 aliphatic heterocycles. The molecule has 10 rings (SSSR count). The van der Waals surface area contributed by atoms with Crippen molar-refractivity contribution in [2.75, 3.05) is 4.90 Å². The molecule has 0 aliphatic carbocycles. The lowest BCUT2D eigenvalue weighted by atomic mass is 9.94. The summed E-state index contributed by atoms with van der Waals surface area (Å²) in [6.07, 6.45) is 0. The molecule has 0 amide bonds. The quantitative estimate of drug-likeness (QED) is 0.166. The Morgan fingerprint density at radius 3 is 1.57 bits per heavy atom. The molecule has 0 unspecified atom stereocenters. The zero-order chi connectivity index (χ0) is 35.8. The van der Waals surface area contributed by atoms with E-state index in [-0.39, 0.29) is 0 Å². The van der Waals surface area contributed by atoms with Gasteiger partial charge in [0.2, 0.25) is 0 Å². The second-order valence-corrected chi connectivity index (χ2v) is 13.7. The summed E-state index contributed by atoms with van der Waals surface area (Å²) in [7, 11) is 0. The molecule has 0 saturated heterocycles. The van der Waals surface area contributed by atoms with Gasteiger partial charge in [-0.2, -0.15) is 0 Å². The van der Waals surface area contributed by atoms with Crippen LogP contribution in [0, 0.1) is 0 Å². The summed E-state index contributed by atoms with van der Waals surface area (Å²) in [5.74, 6) is 0. The minimum atomic E-state index is 0.900. The highest BCUT2D eigenvalue weighted by molar-refractivity contribution is 6.23. The van der Waals surface area contributed by atoms with Crippen LogP contribution in [0.25, 0.3) is 77.2 Å². The van der Waals surface area contributed by atoms with E-state index in [2.05, 4.69) is 217 Å². The first-order valence-corrected chi connectivity index (χ1v) is 18.4. The van der Waals surface area contributed by atoms with Crippen molar-refractivity contribution in [3.05, 3.63) is 212 Å². The van der Waals surface area contributed by atoms with Crippen LogP contribution in [-0.2, 0) is 0 Å². The maximum atomic E-state index is 6.83. The van der Waals surface area contributed by atoms with Crippen LogP contribution < -0.4 is 4.90 Å². The smallest absolute Gasteiger partial charge is 0.143 e. The fourth-order valence-corrected chi connectivity index (χ4v) is 7.89. The summed E-state index contributed by atoms with van der Waals surface area (Å²) < 4.78 is 6.83. The largest absolute Gasteiger partial charge is 0.455 e. The zero-order valence-electron chi connectivity index (χ0n) is 29.6. The minimum Gasteiger partial charge on any atom is -0.455 e. The summed E-state index contributed by atoms with van der Waals surface area (Å²) in [6.45, 7) is 0. The number of furan rings is 1. The van der Waals surface area contributed by atoms with Crippen molar-refractivity contribution in [3.63, 3.8) is 0 Å². The van der Waals surface area contributed by atoms with Crippen molar-refractivity contribution >= 4 is 49.8 Å². The summed E-state index contributed by atoms with van der Waals surface area (Å²) in [5.41, 5.74) is 14.4. The number of rotatable bonds is 7. The van der Waals surface area contributed by atoms with Crippen molar-refractivity contribution in [2.24, 2.45) is 0 Å². The molecule has 2 nitrogen and oxygen atoms in total. The van der Waals surface area contributed by atoms with E-state index in [1.165, 1.54) is 33.0 Å². The molecule has 1 heterocycles. The van der Waals surface area contributed by atoms with Crippen LogP contribution in [0.1, 0.15) is 0 Å². The van der Waals surface area contributed by atoms with Gasteiger partial charge in [-0.15, -0.1) is 0 Å². The first-order chi connectivity index (χ1) is 26.8. The predicted octanol–water partition coefficient (Wildman–Crippen LogP) is 14.9. The number of anilines is 3. The van der Waals surface area contributed by atoms with Crippen molar-refractivity contribution in [1.29, 1.82) is 0 Å². The van der Waals surface area contributed by atoms with Gasteiger partial charge in [-0.25, -0.2) is 0 Å². The fraction of sp³-hybridized carbons (Fsp3) is 0. The van der Waals surface area contributed by atoms with Gasteiger partial charge in [-0.1, -0.05) is 164 Å². The molecule has 10 aromatic rings. The van der Waals surface area contributed by atoms with Crippen molar-refractivity contribution in [2.45, 2.75) is 0 Å². The summed E-state index contributed by atoms with van der Waals surface area (Å²) in [4.78, 5) is 2.32. The molecule has 0 radical (unpaired) electrons. The summed E-state index contributed by atoms with van der Waals surface area (Å²) in [6, 6.07) is 75.6. The molecule has 0 fully saturated rings. The Kier molecular flexibility index (Phi) is 7.85. The molecular formula is C52H35NO. The van der Waals surface area contributed by atoms with E-state index in [0.717, 1.165) is 61.3 Å². The van der Waals surface area contributed by atoms with E-state index in [4.69, 9.17) is 4.42 Å². The third kappa shape index (κ3) is 5.62. The topological polar surface area (TPSA) is 16.4 Å². The normalized spacial score (nSPS) is 11.3. The predicted molar refractivity (Wildman–Crippen MR) is 228 cm³/mol. The number of para-hydroxylation sites is 2. The first kappa shape index (κ1) is 31.6. The van der Waals surface area contributed by atoms with Crippen LogP contribution in [0.15, 0.2) is 217 Å². The fourth-order valence-electron chi connectivity index (χ4n) is 7.89. The van der Waals surface area contributed by atoms with E-state index in [9.17, 15) is 0 Å². The van der Waals surface area contributed by atoms with Gasteiger partial charge in [-0.05, 0) is 98.2 Å². The Morgan fingerprint density at radius 1 is 0.296 bits per heavy atom. The van der Waals surface area contributed by atoms with E-state index in [1.54, 1.807) is 0 Å². The minimum absolute atomic E-state index is 0.900. The van der Waals surface area contributed by atoms with Crippen LogP contribution in [0.5, 0.6) is 0 Å². The van der Waals surface area contributed by atoms with E-state index >= 15 is 0 Å². The number of hydrogen-bond acceptors (Lipinski definition) is 2. The average Bonchev–Trinajstić information content (AvgIpc) is 3.64. The molecule has 0 aliphatic rings. The lowest BCUT2D eigenvalue weighted by molar-refractivity contribution is 0.670. The number of benzene rings is 9.